The number of aromatic nitrogens is 1. The van der Waals surface area contributed by atoms with Crippen molar-refractivity contribution < 1.29 is 18.3 Å². The van der Waals surface area contributed by atoms with Gasteiger partial charge in [-0.3, -0.25) is 0 Å². The summed E-state index contributed by atoms with van der Waals surface area (Å²) in [6.45, 7) is 1.78. The van der Waals surface area contributed by atoms with E-state index in [0.717, 1.165) is 15.1 Å². The summed E-state index contributed by atoms with van der Waals surface area (Å²) in [6, 6.07) is 13.9. The number of aryl methyl sites for hydroxylation is 1. The van der Waals surface area contributed by atoms with Gasteiger partial charge in [-0.1, -0.05) is 46.3 Å². The first-order valence-corrected chi connectivity index (χ1v) is 8.42. The lowest BCUT2D eigenvalue weighted by atomic mass is 9.99. The Kier molecular flexibility index (Phi) is 3.43. The summed E-state index contributed by atoms with van der Waals surface area (Å²) in [4.78, 5) is 0. The third kappa shape index (κ3) is 2.20. The van der Waals surface area contributed by atoms with Crippen LogP contribution in [-0.4, -0.2) is 15.8 Å². The molecule has 0 aliphatic carbocycles. The van der Waals surface area contributed by atoms with Crippen molar-refractivity contribution in [1.29, 1.82) is 0 Å². The molecule has 0 amide bonds. The lowest BCUT2D eigenvalue weighted by Gasteiger charge is -2.27. The quantitative estimate of drug-likeness (QED) is 0.576. The molecule has 0 spiro atoms. The minimum Gasteiger partial charge on any atom is -0.360 e. The van der Waals surface area contributed by atoms with E-state index in [1.54, 1.807) is 55.5 Å². The van der Waals surface area contributed by atoms with Crippen LogP contribution in [0, 0.1) is 6.92 Å². The van der Waals surface area contributed by atoms with E-state index in [9.17, 15) is 18.3 Å². The van der Waals surface area contributed by atoms with E-state index < -0.39 is 11.9 Å². The van der Waals surface area contributed by atoms with E-state index in [2.05, 4.69) is 15.9 Å². The molecule has 1 N–H and O–H groups in total. The molecule has 2 aromatic carbocycles. The van der Waals surface area contributed by atoms with Crippen LogP contribution >= 0.6 is 15.9 Å². The molecular formula is C19H13BrF3NO. The molecule has 6 heteroatoms. The van der Waals surface area contributed by atoms with Crippen molar-refractivity contribution in [2.75, 3.05) is 0 Å². The zero-order valence-corrected chi connectivity index (χ0v) is 14.7. The average Bonchev–Trinajstić information content (AvgIpc) is 3.03. The van der Waals surface area contributed by atoms with Crippen molar-refractivity contribution in [2.45, 2.75) is 18.8 Å². The van der Waals surface area contributed by atoms with Gasteiger partial charge in [0.2, 0.25) is 0 Å². The molecule has 2 nitrogen and oxygen atoms in total. The van der Waals surface area contributed by atoms with Gasteiger partial charge in [0.15, 0.2) is 0 Å². The monoisotopic (exact) mass is 407 g/mol. The minimum absolute atomic E-state index is 0.357. The Balaban J connectivity index is 2.12. The van der Waals surface area contributed by atoms with Crippen LogP contribution in [0.25, 0.3) is 16.5 Å². The second-order valence-electron chi connectivity index (χ2n) is 6.12. The Morgan fingerprint density at radius 2 is 1.80 bits per heavy atom. The Bertz CT molecular complexity index is 1030. The molecule has 1 aliphatic heterocycles. The molecule has 3 aromatic rings. The fourth-order valence-electron chi connectivity index (χ4n) is 3.50. The predicted molar refractivity (Wildman–Crippen MR) is 94.1 cm³/mol. The maximum Gasteiger partial charge on any atom is 0.441 e. The van der Waals surface area contributed by atoms with E-state index in [1.807, 2.05) is 0 Å². The highest BCUT2D eigenvalue weighted by Gasteiger charge is 2.58. The second kappa shape index (κ2) is 5.22. The summed E-state index contributed by atoms with van der Waals surface area (Å²) in [6.07, 6.45) is -3.94. The molecule has 0 saturated carbocycles. The van der Waals surface area contributed by atoms with Crippen molar-refractivity contribution >= 4 is 32.4 Å². The van der Waals surface area contributed by atoms with Crippen LogP contribution in [0.3, 0.4) is 0 Å². The van der Waals surface area contributed by atoms with Crippen LogP contribution in [0.1, 0.15) is 16.8 Å². The first-order chi connectivity index (χ1) is 11.7. The molecule has 1 unspecified atom stereocenters. The van der Waals surface area contributed by atoms with Crippen molar-refractivity contribution in [3.05, 3.63) is 75.9 Å². The maximum atomic E-state index is 13.8. The maximum absolute atomic E-state index is 13.8. The molecule has 1 atom stereocenters. The first-order valence-electron chi connectivity index (χ1n) is 7.63. The van der Waals surface area contributed by atoms with Gasteiger partial charge in [0.05, 0.1) is 11.2 Å². The molecule has 4 rings (SSSR count). The molecule has 128 valence electrons. The molecule has 0 fully saturated rings. The second-order valence-corrected chi connectivity index (χ2v) is 7.03. The van der Waals surface area contributed by atoms with Crippen LogP contribution in [0.4, 0.5) is 13.2 Å². The Morgan fingerprint density at radius 1 is 1.08 bits per heavy atom. The average molecular weight is 408 g/mol. The third-order valence-corrected chi connectivity index (χ3v) is 5.12. The van der Waals surface area contributed by atoms with E-state index >= 15 is 0 Å². The molecule has 2 heterocycles. The number of aliphatic hydroxyl groups is 1. The van der Waals surface area contributed by atoms with Crippen LogP contribution in [0.15, 0.2) is 59.1 Å². The summed E-state index contributed by atoms with van der Waals surface area (Å²) in [5, 5.41) is 11.3. The van der Waals surface area contributed by atoms with Gasteiger partial charge in [-0.25, -0.2) is 0 Å². The van der Waals surface area contributed by atoms with Gasteiger partial charge in [0.25, 0.3) is 5.72 Å². The molecule has 0 bridgehead atoms. The summed E-state index contributed by atoms with van der Waals surface area (Å²) in [5.41, 5.74) is -0.637. The van der Waals surface area contributed by atoms with Gasteiger partial charge in [-0.05, 0) is 42.3 Å². The SMILES string of the molecule is Cc1c2n(c3ccccc13)C(O)(C(F)(F)F)C=C2c1cccc(Br)c1. The normalized spacial score (nSPS) is 20.0. The number of rotatable bonds is 1. The molecular weight excluding hydrogens is 395 g/mol. The van der Waals surface area contributed by atoms with Crippen LogP contribution in [0.5, 0.6) is 0 Å². The van der Waals surface area contributed by atoms with E-state index in [-0.39, 0.29) is 0 Å². The fraction of sp³-hybridized carbons (Fsp3) is 0.158. The Hall–Kier alpha value is -2.05. The number of nitrogens with zero attached hydrogens (tertiary/aromatic N) is 1. The van der Waals surface area contributed by atoms with Crippen molar-refractivity contribution in [3.63, 3.8) is 0 Å². The number of hydrogen-bond donors (Lipinski definition) is 1. The summed E-state index contributed by atoms with van der Waals surface area (Å²) in [5.74, 6) is 0. The van der Waals surface area contributed by atoms with E-state index in [4.69, 9.17) is 0 Å². The van der Waals surface area contributed by atoms with Crippen LogP contribution < -0.4 is 0 Å². The lowest BCUT2D eigenvalue weighted by molar-refractivity contribution is -0.272. The molecule has 0 radical (unpaired) electrons. The highest BCUT2D eigenvalue weighted by Crippen LogP contribution is 2.50. The summed E-state index contributed by atoms with van der Waals surface area (Å²) >= 11 is 3.35. The highest BCUT2D eigenvalue weighted by molar-refractivity contribution is 9.10. The van der Waals surface area contributed by atoms with Crippen molar-refractivity contribution in [1.82, 2.24) is 4.57 Å². The zero-order chi connectivity index (χ0) is 18.0. The topological polar surface area (TPSA) is 25.2 Å². The van der Waals surface area contributed by atoms with E-state index in [1.165, 1.54) is 0 Å². The van der Waals surface area contributed by atoms with Gasteiger partial charge >= 0.3 is 6.18 Å². The lowest BCUT2D eigenvalue weighted by Crippen LogP contribution is -2.44. The van der Waals surface area contributed by atoms with Gasteiger partial charge in [-0.2, -0.15) is 13.2 Å². The van der Waals surface area contributed by atoms with E-state index in [0.29, 0.717) is 33.3 Å². The number of alkyl halides is 3. The highest BCUT2D eigenvalue weighted by atomic mass is 79.9. The molecule has 25 heavy (non-hydrogen) atoms. The summed E-state index contributed by atoms with van der Waals surface area (Å²) in [7, 11) is 0. The van der Waals surface area contributed by atoms with Gasteiger partial charge < -0.3 is 9.67 Å². The van der Waals surface area contributed by atoms with Crippen molar-refractivity contribution in [2.24, 2.45) is 0 Å². The standard InChI is InChI=1S/C19H13BrF3NO/c1-11-14-7-2-3-8-16(14)24-17(11)15(10-18(24,25)19(21,22)23)12-5-4-6-13(20)9-12/h2-10,25H,1H3. The van der Waals surface area contributed by atoms with Crippen molar-refractivity contribution in [3.8, 4) is 0 Å². The number of halogens is 4. The largest absolute Gasteiger partial charge is 0.441 e. The molecule has 0 saturated heterocycles. The first kappa shape index (κ1) is 16.4. The predicted octanol–water partition coefficient (Wildman–Crippen LogP) is 5.36. The Labute approximate surface area is 150 Å². The van der Waals surface area contributed by atoms with Crippen LogP contribution in [-0.2, 0) is 5.72 Å². The van der Waals surface area contributed by atoms with Crippen LogP contribution in [0.2, 0.25) is 0 Å². The Morgan fingerprint density at radius 3 is 2.48 bits per heavy atom. The smallest absolute Gasteiger partial charge is 0.360 e. The van der Waals surface area contributed by atoms with Gasteiger partial charge in [0, 0.05) is 15.4 Å². The van der Waals surface area contributed by atoms with Gasteiger partial charge in [-0.15, -0.1) is 0 Å². The minimum atomic E-state index is -4.84. The summed E-state index contributed by atoms with van der Waals surface area (Å²) < 4.78 is 43.2. The number of para-hydroxylation sites is 1. The zero-order valence-electron chi connectivity index (χ0n) is 13.1. The fourth-order valence-corrected chi connectivity index (χ4v) is 3.90. The molecule has 1 aromatic heterocycles. The third-order valence-electron chi connectivity index (χ3n) is 4.62. The van der Waals surface area contributed by atoms with Gasteiger partial charge in [0.1, 0.15) is 0 Å². The number of fused-ring (bicyclic) bond motifs is 3. The number of hydrogen-bond acceptors (Lipinski definition) is 1. The number of benzene rings is 2. The molecule has 1 aliphatic rings.